The number of carbonyl (C=O) groups excluding carboxylic acids is 1. The third-order valence-corrected chi connectivity index (χ3v) is 3.90. The summed E-state index contributed by atoms with van der Waals surface area (Å²) in [6.07, 6.45) is 3.79. The van der Waals surface area contributed by atoms with Crippen LogP contribution in [-0.4, -0.2) is 11.1 Å². The van der Waals surface area contributed by atoms with Crippen LogP contribution in [0.1, 0.15) is 34.6 Å². The van der Waals surface area contributed by atoms with Crippen LogP contribution in [0.2, 0.25) is 0 Å². The second-order valence-corrected chi connectivity index (χ2v) is 5.36. The monoisotopic (exact) mass is 270 g/mol. The number of nitrogens with one attached hydrogen (secondary N) is 1. The quantitative estimate of drug-likeness (QED) is 0.933. The third kappa shape index (κ3) is 2.46. The minimum absolute atomic E-state index is 0.0302. The summed E-state index contributed by atoms with van der Waals surface area (Å²) in [5, 5.41) is 6.82. The van der Waals surface area contributed by atoms with Crippen LogP contribution in [0.15, 0.2) is 22.7 Å². The van der Waals surface area contributed by atoms with E-state index in [-0.39, 0.29) is 5.91 Å². The smallest absolute Gasteiger partial charge is 0.228 e. The van der Waals surface area contributed by atoms with Crippen molar-refractivity contribution in [2.75, 3.05) is 5.32 Å². The molecule has 4 heteroatoms. The van der Waals surface area contributed by atoms with E-state index in [4.69, 9.17) is 4.52 Å². The molecule has 1 aliphatic carbocycles. The molecular formula is C16H18N2O2. The fourth-order valence-electron chi connectivity index (χ4n) is 2.77. The van der Waals surface area contributed by atoms with Crippen LogP contribution in [0.25, 0.3) is 0 Å². The van der Waals surface area contributed by atoms with Gasteiger partial charge >= 0.3 is 0 Å². The number of carbonyl (C=O) groups is 1. The molecule has 0 spiro atoms. The van der Waals surface area contributed by atoms with Gasteiger partial charge in [-0.25, -0.2) is 0 Å². The van der Waals surface area contributed by atoms with Gasteiger partial charge in [0.2, 0.25) is 5.91 Å². The molecule has 0 aliphatic heterocycles. The van der Waals surface area contributed by atoms with Gasteiger partial charge in [0.25, 0.3) is 0 Å². The zero-order valence-electron chi connectivity index (χ0n) is 11.8. The van der Waals surface area contributed by atoms with Crippen molar-refractivity contribution in [3.63, 3.8) is 0 Å². The first-order chi connectivity index (χ1) is 9.63. The number of hydrogen-bond donors (Lipinski definition) is 1. The lowest BCUT2D eigenvalue weighted by molar-refractivity contribution is -0.115. The molecule has 2 aromatic rings. The Hall–Kier alpha value is -2.10. The highest BCUT2D eigenvalue weighted by atomic mass is 16.5. The minimum Gasteiger partial charge on any atom is -0.361 e. The average molecular weight is 270 g/mol. The summed E-state index contributed by atoms with van der Waals surface area (Å²) in [4.78, 5) is 12.1. The standard InChI is InChI=1S/C16H18N2O2/c1-10-15(11(2)20-18-10)9-16(19)17-14-7-6-12-4-3-5-13(12)8-14/h6-8H,3-5,9H2,1-2H3,(H,17,19). The number of aromatic nitrogens is 1. The van der Waals surface area contributed by atoms with Crippen LogP contribution in [0.3, 0.4) is 0 Å². The van der Waals surface area contributed by atoms with Gasteiger partial charge in [-0.3, -0.25) is 4.79 Å². The van der Waals surface area contributed by atoms with E-state index in [9.17, 15) is 4.79 Å². The third-order valence-electron chi connectivity index (χ3n) is 3.90. The number of nitrogens with zero attached hydrogens (tertiary/aromatic N) is 1. The molecule has 1 N–H and O–H groups in total. The maximum Gasteiger partial charge on any atom is 0.228 e. The first kappa shape index (κ1) is 12.9. The zero-order valence-corrected chi connectivity index (χ0v) is 11.8. The van der Waals surface area contributed by atoms with Gasteiger partial charge < -0.3 is 9.84 Å². The first-order valence-electron chi connectivity index (χ1n) is 6.97. The zero-order chi connectivity index (χ0) is 14.1. The fraction of sp³-hybridized carbons (Fsp3) is 0.375. The number of benzene rings is 1. The maximum absolute atomic E-state index is 12.1. The second-order valence-electron chi connectivity index (χ2n) is 5.36. The summed E-state index contributed by atoms with van der Waals surface area (Å²) in [6, 6.07) is 6.19. The van der Waals surface area contributed by atoms with Crippen molar-refractivity contribution < 1.29 is 9.32 Å². The first-order valence-corrected chi connectivity index (χ1v) is 6.97. The second kappa shape index (κ2) is 5.12. The highest BCUT2D eigenvalue weighted by Gasteiger charge is 2.15. The highest BCUT2D eigenvalue weighted by Crippen LogP contribution is 2.25. The Morgan fingerprint density at radius 1 is 1.30 bits per heavy atom. The van der Waals surface area contributed by atoms with Crippen molar-refractivity contribution in [2.45, 2.75) is 39.5 Å². The Morgan fingerprint density at radius 2 is 2.10 bits per heavy atom. The van der Waals surface area contributed by atoms with Gasteiger partial charge in [0, 0.05) is 11.3 Å². The molecule has 1 aromatic heterocycles. The summed E-state index contributed by atoms with van der Waals surface area (Å²) >= 11 is 0. The fourth-order valence-corrected chi connectivity index (χ4v) is 2.77. The molecule has 0 radical (unpaired) electrons. The topological polar surface area (TPSA) is 55.1 Å². The molecule has 4 nitrogen and oxygen atoms in total. The van der Waals surface area contributed by atoms with Gasteiger partial charge in [-0.15, -0.1) is 0 Å². The van der Waals surface area contributed by atoms with Gasteiger partial charge in [-0.1, -0.05) is 11.2 Å². The van der Waals surface area contributed by atoms with Crippen molar-refractivity contribution in [3.05, 3.63) is 46.3 Å². The summed E-state index contributed by atoms with van der Waals surface area (Å²) < 4.78 is 5.08. The van der Waals surface area contributed by atoms with Gasteiger partial charge in [0.15, 0.2) is 0 Å². The molecule has 0 saturated heterocycles. The number of fused-ring (bicyclic) bond motifs is 1. The van der Waals surface area contributed by atoms with Gasteiger partial charge in [0.1, 0.15) is 5.76 Å². The van der Waals surface area contributed by atoms with Crippen LogP contribution >= 0.6 is 0 Å². The van der Waals surface area contributed by atoms with Crippen LogP contribution in [-0.2, 0) is 24.1 Å². The van der Waals surface area contributed by atoms with Crippen LogP contribution < -0.4 is 5.32 Å². The Bertz CT molecular complexity index is 639. The molecule has 20 heavy (non-hydrogen) atoms. The van der Waals surface area contributed by atoms with Crippen molar-refractivity contribution in [1.82, 2.24) is 5.16 Å². The molecule has 1 heterocycles. The molecule has 0 unspecified atom stereocenters. The van der Waals surface area contributed by atoms with Crippen LogP contribution in [0, 0.1) is 13.8 Å². The lowest BCUT2D eigenvalue weighted by atomic mass is 10.1. The van der Waals surface area contributed by atoms with Gasteiger partial charge in [0.05, 0.1) is 12.1 Å². The van der Waals surface area contributed by atoms with E-state index in [1.807, 2.05) is 19.9 Å². The maximum atomic E-state index is 12.1. The molecule has 104 valence electrons. The summed E-state index contributed by atoms with van der Waals surface area (Å²) in [5.74, 6) is 0.684. The van der Waals surface area contributed by atoms with Crippen LogP contribution in [0.5, 0.6) is 0 Å². The van der Waals surface area contributed by atoms with E-state index in [0.29, 0.717) is 12.2 Å². The number of rotatable bonds is 3. The number of aryl methyl sites for hydroxylation is 4. The van der Waals surface area contributed by atoms with Crippen molar-refractivity contribution >= 4 is 11.6 Å². The molecule has 0 atom stereocenters. The number of amides is 1. The SMILES string of the molecule is Cc1noc(C)c1CC(=O)Nc1ccc2c(c1)CCC2. The molecule has 1 aliphatic rings. The summed E-state index contributed by atoms with van der Waals surface area (Å²) in [7, 11) is 0. The normalized spacial score (nSPS) is 13.3. The van der Waals surface area contributed by atoms with Gasteiger partial charge in [-0.2, -0.15) is 0 Å². The van der Waals surface area contributed by atoms with E-state index in [2.05, 4.69) is 22.6 Å². The molecule has 3 rings (SSSR count). The van der Waals surface area contributed by atoms with E-state index in [1.54, 1.807) is 0 Å². The largest absolute Gasteiger partial charge is 0.361 e. The van der Waals surface area contributed by atoms with Crippen LogP contribution in [0.4, 0.5) is 5.69 Å². The lowest BCUT2D eigenvalue weighted by Gasteiger charge is -2.07. The predicted molar refractivity (Wildman–Crippen MR) is 76.8 cm³/mol. The van der Waals surface area contributed by atoms with Crippen molar-refractivity contribution in [3.8, 4) is 0 Å². The van der Waals surface area contributed by atoms with E-state index >= 15 is 0 Å². The minimum atomic E-state index is -0.0302. The van der Waals surface area contributed by atoms with E-state index in [1.165, 1.54) is 17.5 Å². The molecule has 0 bridgehead atoms. The molecular weight excluding hydrogens is 252 g/mol. The molecule has 1 amide bonds. The number of anilines is 1. The Labute approximate surface area is 118 Å². The van der Waals surface area contributed by atoms with E-state index < -0.39 is 0 Å². The number of hydrogen-bond acceptors (Lipinski definition) is 3. The summed E-state index contributed by atoms with van der Waals surface area (Å²) in [5.41, 5.74) is 5.31. The summed E-state index contributed by atoms with van der Waals surface area (Å²) in [6.45, 7) is 3.69. The van der Waals surface area contributed by atoms with Crippen molar-refractivity contribution in [1.29, 1.82) is 0 Å². The van der Waals surface area contributed by atoms with E-state index in [0.717, 1.165) is 29.8 Å². The molecule has 0 fully saturated rings. The van der Waals surface area contributed by atoms with Crippen molar-refractivity contribution in [2.24, 2.45) is 0 Å². The lowest BCUT2D eigenvalue weighted by Crippen LogP contribution is -2.15. The average Bonchev–Trinajstić information content (AvgIpc) is 3.00. The van der Waals surface area contributed by atoms with Gasteiger partial charge in [-0.05, 0) is 56.4 Å². The highest BCUT2D eigenvalue weighted by molar-refractivity contribution is 5.92. The molecule has 1 aromatic carbocycles. The Morgan fingerprint density at radius 3 is 2.85 bits per heavy atom. The Balaban J connectivity index is 1.70. The predicted octanol–water partition coefficient (Wildman–Crippen LogP) is 2.96. The Kier molecular flexibility index (Phi) is 3.30. The molecule has 0 saturated carbocycles.